The first-order valence-corrected chi connectivity index (χ1v) is 9.01. The van der Waals surface area contributed by atoms with Gasteiger partial charge in [0.15, 0.2) is 4.80 Å². The van der Waals surface area contributed by atoms with Gasteiger partial charge < -0.3 is 9.30 Å². The highest BCUT2D eigenvalue weighted by Gasteiger charge is 2.07. The smallest absolute Gasteiger partial charge is 0.185 e. The molecule has 0 aliphatic carbocycles. The predicted octanol–water partition coefficient (Wildman–Crippen LogP) is 5.30. The summed E-state index contributed by atoms with van der Waals surface area (Å²) < 4.78 is 7.61. The fourth-order valence-electron chi connectivity index (χ4n) is 2.31. The summed E-state index contributed by atoms with van der Waals surface area (Å²) in [4.78, 5) is 5.93. The van der Waals surface area contributed by atoms with Crippen LogP contribution in [0, 0.1) is 0 Å². The molecule has 23 heavy (non-hydrogen) atoms. The van der Waals surface area contributed by atoms with Crippen molar-refractivity contribution in [3.63, 3.8) is 0 Å². The molecule has 0 saturated carbocycles. The van der Waals surface area contributed by atoms with E-state index in [4.69, 9.17) is 9.73 Å². The lowest BCUT2D eigenvalue weighted by Gasteiger charge is -2.09. The van der Waals surface area contributed by atoms with Crippen LogP contribution in [-0.4, -0.2) is 18.2 Å². The van der Waals surface area contributed by atoms with Gasteiger partial charge in [0, 0.05) is 18.5 Å². The maximum atomic E-state index is 5.25. The number of unbranched alkanes of at least 4 members (excludes halogenated alkanes) is 2. The van der Waals surface area contributed by atoms with Crippen molar-refractivity contribution >= 4 is 28.3 Å². The minimum atomic E-state index is 0. The molecular weight excluding hydrogens is 372 g/mol. The van der Waals surface area contributed by atoms with Crippen LogP contribution in [0.2, 0.25) is 0 Å². The van der Waals surface area contributed by atoms with E-state index in [0.29, 0.717) is 0 Å². The third-order valence-corrected chi connectivity index (χ3v) is 4.58. The van der Waals surface area contributed by atoms with Gasteiger partial charge in [0.25, 0.3) is 0 Å². The van der Waals surface area contributed by atoms with E-state index in [2.05, 4.69) is 35.9 Å². The van der Waals surface area contributed by atoms with Gasteiger partial charge >= 0.3 is 0 Å². The van der Waals surface area contributed by atoms with E-state index in [1.165, 1.54) is 30.5 Å². The second kappa shape index (κ2) is 10.7. The van der Waals surface area contributed by atoms with Crippen LogP contribution in [0.3, 0.4) is 0 Å². The van der Waals surface area contributed by atoms with Crippen molar-refractivity contribution in [1.82, 2.24) is 4.57 Å². The Balaban J connectivity index is 0.00000264. The summed E-state index contributed by atoms with van der Waals surface area (Å²) >= 11 is 1.75. The number of benzene rings is 1. The third-order valence-electron chi connectivity index (χ3n) is 3.68. The third kappa shape index (κ3) is 5.50. The SMILES string of the molecule is Br.CCCCN=c1scc(-c2ccc(OC)cc2)n1CCCC. The highest BCUT2D eigenvalue weighted by atomic mass is 79.9. The van der Waals surface area contributed by atoms with Crippen molar-refractivity contribution in [2.45, 2.75) is 46.1 Å². The number of aromatic nitrogens is 1. The first-order chi connectivity index (χ1) is 10.8. The van der Waals surface area contributed by atoms with E-state index in [-0.39, 0.29) is 17.0 Å². The first-order valence-electron chi connectivity index (χ1n) is 8.13. The van der Waals surface area contributed by atoms with Gasteiger partial charge in [0.2, 0.25) is 0 Å². The number of rotatable bonds is 8. The Kier molecular flexibility index (Phi) is 9.26. The summed E-state index contributed by atoms with van der Waals surface area (Å²) in [6, 6.07) is 8.29. The van der Waals surface area contributed by atoms with Crippen molar-refractivity contribution < 1.29 is 4.74 Å². The zero-order valence-corrected chi connectivity index (χ0v) is 16.8. The van der Waals surface area contributed by atoms with E-state index in [0.717, 1.165) is 30.1 Å². The van der Waals surface area contributed by atoms with Gasteiger partial charge in [0.1, 0.15) is 5.75 Å². The van der Waals surface area contributed by atoms with Crippen molar-refractivity contribution in [2.75, 3.05) is 13.7 Å². The van der Waals surface area contributed by atoms with Gasteiger partial charge in [-0.3, -0.25) is 4.99 Å². The quantitative estimate of drug-likeness (QED) is 0.553. The average molecular weight is 399 g/mol. The molecule has 0 N–H and O–H groups in total. The molecule has 3 nitrogen and oxygen atoms in total. The number of hydrogen-bond acceptors (Lipinski definition) is 3. The Morgan fingerprint density at radius 2 is 1.78 bits per heavy atom. The number of ether oxygens (including phenoxy) is 1. The Labute approximate surface area is 153 Å². The number of methoxy groups -OCH3 is 1. The van der Waals surface area contributed by atoms with Crippen molar-refractivity contribution in [3.8, 4) is 17.0 Å². The van der Waals surface area contributed by atoms with Gasteiger partial charge in [-0.2, -0.15) is 0 Å². The van der Waals surface area contributed by atoms with E-state index < -0.39 is 0 Å². The first kappa shape index (κ1) is 20.0. The Bertz CT molecular complexity index is 631. The van der Waals surface area contributed by atoms with Crippen LogP contribution in [0.1, 0.15) is 39.5 Å². The maximum Gasteiger partial charge on any atom is 0.185 e. The van der Waals surface area contributed by atoms with Crippen LogP contribution in [-0.2, 0) is 6.54 Å². The molecule has 1 aromatic heterocycles. The monoisotopic (exact) mass is 398 g/mol. The molecular formula is C18H27BrN2OS. The summed E-state index contributed by atoms with van der Waals surface area (Å²) in [6.07, 6.45) is 4.72. The molecule has 0 aliphatic heterocycles. The minimum absolute atomic E-state index is 0. The van der Waals surface area contributed by atoms with Crippen molar-refractivity contribution in [2.24, 2.45) is 4.99 Å². The molecule has 1 aromatic carbocycles. The predicted molar refractivity (Wildman–Crippen MR) is 105 cm³/mol. The fraction of sp³-hybridized carbons (Fsp3) is 0.500. The summed E-state index contributed by atoms with van der Waals surface area (Å²) in [5, 5.41) is 2.22. The van der Waals surface area contributed by atoms with Crippen LogP contribution < -0.4 is 9.54 Å². The standard InChI is InChI=1S/C18H26N2OS.BrH/c1-4-6-12-19-18-20(13-7-5-2)17(14-22-18)15-8-10-16(21-3)11-9-15;/h8-11,14H,4-7,12-13H2,1-3H3;1H. The lowest BCUT2D eigenvalue weighted by molar-refractivity contribution is 0.415. The Hall–Kier alpha value is -1.07. The summed E-state index contributed by atoms with van der Waals surface area (Å²) in [7, 11) is 1.70. The molecule has 2 aromatic rings. The summed E-state index contributed by atoms with van der Waals surface area (Å²) in [5.74, 6) is 0.895. The molecule has 0 aliphatic rings. The van der Waals surface area contributed by atoms with E-state index in [1.807, 2.05) is 12.1 Å². The summed E-state index contributed by atoms with van der Waals surface area (Å²) in [6.45, 7) is 6.39. The number of nitrogens with zero attached hydrogens (tertiary/aromatic N) is 2. The Morgan fingerprint density at radius 3 is 2.39 bits per heavy atom. The number of hydrogen-bond donors (Lipinski definition) is 0. The van der Waals surface area contributed by atoms with Crippen LogP contribution in [0.5, 0.6) is 5.75 Å². The molecule has 1 heterocycles. The van der Waals surface area contributed by atoms with E-state index >= 15 is 0 Å². The number of halogens is 1. The molecule has 0 saturated heterocycles. The molecule has 0 bridgehead atoms. The average Bonchev–Trinajstić information content (AvgIpc) is 2.96. The zero-order chi connectivity index (χ0) is 15.8. The highest BCUT2D eigenvalue weighted by Crippen LogP contribution is 2.23. The molecule has 0 atom stereocenters. The van der Waals surface area contributed by atoms with Crippen LogP contribution >= 0.6 is 28.3 Å². The van der Waals surface area contributed by atoms with Gasteiger partial charge in [-0.05, 0) is 42.7 Å². The molecule has 0 amide bonds. The lowest BCUT2D eigenvalue weighted by atomic mass is 10.1. The van der Waals surface area contributed by atoms with Crippen LogP contribution in [0.4, 0.5) is 0 Å². The molecule has 0 fully saturated rings. The summed E-state index contributed by atoms with van der Waals surface area (Å²) in [5.41, 5.74) is 2.49. The van der Waals surface area contributed by atoms with E-state index in [9.17, 15) is 0 Å². The molecule has 0 radical (unpaired) electrons. The van der Waals surface area contributed by atoms with Crippen molar-refractivity contribution in [3.05, 3.63) is 34.4 Å². The van der Waals surface area contributed by atoms with E-state index in [1.54, 1.807) is 18.4 Å². The normalized spacial score (nSPS) is 11.3. The van der Waals surface area contributed by atoms with Crippen molar-refractivity contribution in [1.29, 1.82) is 0 Å². The van der Waals surface area contributed by atoms with Gasteiger partial charge in [0.05, 0.1) is 12.8 Å². The topological polar surface area (TPSA) is 26.5 Å². The Morgan fingerprint density at radius 1 is 1.09 bits per heavy atom. The fourth-order valence-corrected chi connectivity index (χ4v) is 3.28. The second-order valence-corrected chi connectivity index (χ2v) is 6.21. The second-order valence-electron chi connectivity index (χ2n) is 5.37. The molecule has 0 unspecified atom stereocenters. The maximum absolute atomic E-state index is 5.25. The molecule has 128 valence electrons. The highest BCUT2D eigenvalue weighted by molar-refractivity contribution is 8.93. The largest absolute Gasteiger partial charge is 0.497 e. The number of thiazole rings is 1. The molecule has 2 rings (SSSR count). The minimum Gasteiger partial charge on any atom is -0.497 e. The van der Waals surface area contributed by atoms with Gasteiger partial charge in [-0.15, -0.1) is 28.3 Å². The zero-order valence-electron chi connectivity index (χ0n) is 14.2. The van der Waals surface area contributed by atoms with Crippen LogP contribution in [0.25, 0.3) is 11.3 Å². The van der Waals surface area contributed by atoms with Gasteiger partial charge in [-0.25, -0.2) is 0 Å². The molecule has 0 spiro atoms. The molecule has 5 heteroatoms. The van der Waals surface area contributed by atoms with Crippen LogP contribution in [0.15, 0.2) is 34.6 Å². The lowest BCUT2D eigenvalue weighted by Crippen LogP contribution is -2.16. The van der Waals surface area contributed by atoms with Gasteiger partial charge in [-0.1, -0.05) is 26.7 Å².